The van der Waals surface area contributed by atoms with E-state index in [1.807, 2.05) is 6.07 Å². The minimum absolute atomic E-state index is 0.346. The Labute approximate surface area is 128 Å². The third-order valence-corrected chi connectivity index (χ3v) is 4.38. The van der Waals surface area contributed by atoms with Crippen LogP contribution in [0.2, 0.25) is 0 Å². The highest BCUT2D eigenvalue weighted by Crippen LogP contribution is 2.14. The Morgan fingerprint density at radius 2 is 1.76 bits per heavy atom. The lowest BCUT2D eigenvalue weighted by molar-refractivity contribution is -1.00. The second-order valence-electron chi connectivity index (χ2n) is 6.41. The van der Waals surface area contributed by atoms with Gasteiger partial charge in [0.15, 0.2) is 0 Å². The SMILES string of the molecule is C[C@@H](COC[C@@H](O)C[NH+]1CC[NH+](C)CC1)c1ccccc1. The summed E-state index contributed by atoms with van der Waals surface area (Å²) in [7, 11) is 2.24. The number of aliphatic hydroxyl groups excluding tert-OH is 1. The smallest absolute Gasteiger partial charge is 0.127 e. The summed E-state index contributed by atoms with van der Waals surface area (Å²) in [4.78, 5) is 3.11. The first-order chi connectivity index (χ1) is 10.1. The summed E-state index contributed by atoms with van der Waals surface area (Å²) in [5, 5.41) is 10.1. The van der Waals surface area contributed by atoms with Gasteiger partial charge in [-0.15, -0.1) is 0 Å². The second kappa shape index (κ2) is 8.49. The lowest BCUT2D eigenvalue weighted by Crippen LogP contribution is -3.27. The minimum atomic E-state index is -0.346. The van der Waals surface area contributed by atoms with Gasteiger partial charge in [-0.25, -0.2) is 0 Å². The lowest BCUT2D eigenvalue weighted by Gasteiger charge is -2.28. The molecule has 0 aromatic heterocycles. The fourth-order valence-electron chi connectivity index (χ4n) is 2.89. The summed E-state index contributed by atoms with van der Waals surface area (Å²) < 4.78 is 5.71. The summed E-state index contributed by atoms with van der Waals surface area (Å²) in [6.45, 7) is 8.81. The number of quaternary nitrogens is 2. The van der Waals surface area contributed by atoms with Crippen molar-refractivity contribution in [3.63, 3.8) is 0 Å². The Balaban J connectivity index is 1.62. The van der Waals surface area contributed by atoms with E-state index in [2.05, 4.69) is 38.2 Å². The molecule has 0 bridgehead atoms. The van der Waals surface area contributed by atoms with E-state index in [0.717, 1.165) is 19.6 Å². The molecular weight excluding hydrogens is 264 g/mol. The molecule has 1 heterocycles. The third kappa shape index (κ3) is 5.75. The van der Waals surface area contributed by atoms with Crippen molar-refractivity contribution in [3.8, 4) is 0 Å². The maximum atomic E-state index is 10.1. The first kappa shape index (κ1) is 16.4. The molecule has 2 rings (SSSR count). The van der Waals surface area contributed by atoms with E-state index >= 15 is 0 Å². The van der Waals surface area contributed by atoms with Crippen LogP contribution < -0.4 is 9.80 Å². The Bertz CT molecular complexity index is 391. The van der Waals surface area contributed by atoms with Crippen LogP contribution in [0.5, 0.6) is 0 Å². The highest BCUT2D eigenvalue weighted by molar-refractivity contribution is 5.18. The van der Waals surface area contributed by atoms with E-state index in [1.54, 1.807) is 4.90 Å². The first-order valence-electron chi connectivity index (χ1n) is 8.10. The van der Waals surface area contributed by atoms with E-state index in [9.17, 15) is 5.11 Å². The lowest BCUT2D eigenvalue weighted by atomic mass is 10.0. The number of nitrogens with one attached hydrogen (secondary N) is 2. The molecule has 1 aromatic carbocycles. The van der Waals surface area contributed by atoms with Crippen LogP contribution >= 0.6 is 0 Å². The fraction of sp³-hybridized carbons (Fsp3) is 0.647. The molecule has 0 aliphatic carbocycles. The number of hydrogen-bond donors (Lipinski definition) is 3. The Hall–Kier alpha value is -0.940. The van der Waals surface area contributed by atoms with Crippen molar-refractivity contribution in [2.75, 3.05) is 53.0 Å². The van der Waals surface area contributed by atoms with E-state index < -0.39 is 0 Å². The van der Waals surface area contributed by atoms with Crippen molar-refractivity contribution in [1.29, 1.82) is 0 Å². The van der Waals surface area contributed by atoms with E-state index in [4.69, 9.17) is 4.74 Å². The van der Waals surface area contributed by atoms with Crippen molar-refractivity contribution in [1.82, 2.24) is 0 Å². The quantitative estimate of drug-likeness (QED) is 0.578. The second-order valence-corrected chi connectivity index (χ2v) is 6.41. The summed E-state index contributed by atoms with van der Waals surface area (Å²) in [6.07, 6.45) is -0.346. The molecule has 1 aliphatic rings. The Morgan fingerprint density at radius 3 is 2.43 bits per heavy atom. The largest absolute Gasteiger partial charge is 0.385 e. The molecule has 4 heteroatoms. The molecule has 1 saturated heterocycles. The highest BCUT2D eigenvalue weighted by Gasteiger charge is 2.22. The van der Waals surface area contributed by atoms with E-state index in [1.165, 1.54) is 23.6 Å². The van der Waals surface area contributed by atoms with Crippen LogP contribution in [-0.2, 0) is 4.74 Å². The maximum Gasteiger partial charge on any atom is 0.127 e. The van der Waals surface area contributed by atoms with Crippen molar-refractivity contribution in [2.45, 2.75) is 18.9 Å². The van der Waals surface area contributed by atoms with Gasteiger partial charge in [0.1, 0.15) is 38.8 Å². The predicted octanol–water partition coefficient (Wildman–Crippen LogP) is -1.42. The number of hydrogen-bond acceptors (Lipinski definition) is 2. The molecular formula is C17H30N2O2+2. The Morgan fingerprint density at radius 1 is 1.10 bits per heavy atom. The summed E-state index contributed by atoms with van der Waals surface area (Å²) >= 11 is 0. The zero-order valence-electron chi connectivity index (χ0n) is 13.3. The zero-order valence-corrected chi connectivity index (χ0v) is 13.3. The molecule has 1 aliphatic heterocycles. The molecule has 21 heavy (non-hydrogen) atoms. The number of benzene rings is 1. The topological polar surface area (TPSA) is 38.3 Å². The molecule has 0 radical (unpaired) electrons. The molecule has 4 nitrogen and oxygen atoms in total. The first-order valence-corrected chi connectivity index (χ1v) is 8.10. The molecule has 0 spiro atoms. The minimum Gasteiger partial charge on any atom is -0.385 e. The number of likely N-dealkylation sites (N-methyl/N-ethyl adjacent to an activating group) is 1. The molecule has 0 amide bonds. The van der Waals surface area contributed by atoms with Crippen LogP contribution in [0.25, 0.3) is 0 Å². The van der Waals surface area contributed by atoms with Crippen LogP contribution in [0.1, 0.15) is 18.4 Å². The predicted molar refractivity (Wildman–Crippen MR) is 83.9 cm³/mol. The standard InChI is InChI=1S/C17H28N2O2/c1-15(16-6-4-3-5-7-16)13-21-14-17(20)12-19-10-8-18(2)9-11-19/h3-7,15,17,20H,8-14H2,1-2H3/p+2/t15-,17-/m0/s1. The maximum absolute atomic E-state index is 10.1. The van der Waals surface area contributed by atoms with Gasteiger partial charge in [-0.2, -0.15) is 0 Å². The van der Waals surface area contributed by atoms with Gasteiger partial charge >= 0.3 is 0 Å². The number of rotatable bonds is 7. The number of ether oxygens (including phenoxy) is 1. The van der Waals surface area contributed by atoms with Gasteiger partial charge in [-0.1, -0.05) is 37.3 Å². The van der Waals surface area contributed by atoms with Crippen molar-refractivity contribution in [2.24, 2.45) is 0 Å². The average molecular weight is 294 g/mol. The molecule has 2 atom stereocenters. The van der Waals surface area contributed by atoms with E-state index in [-0.39, 0.29) is 6.10 Å². The van der Waals surface area contributed by atoms with Crippen molar-refractivity contribution < 1.29 is 19.6 Å². The van der Waals surface area contributed by atoms with Crippen LogP contribution in [0, 0.1) is 0 Å². The summed E-state index contributed by atoms with van der Waals surface area (Å²) in [5.41, 5.74) is 1.29. The normalized spacial score (nSPS) is 25.5. The van der Waals surface area contributed by atoms with Gasteiger partial charge < -0.3 is 19.6 Å². The summed E-state index contributed by atoms with van der Waals surface area (Å²) in [6, 6.07) is 10.4. The average Bonchev–Trinajstić information content (AvgIpc) is 2.50. The van der Waals surface area contributed by atoms with Gasteiger partial charge in [0, 0.05) is 5.92 Å². The van der Waals surface area contributed by atoms with Gasteiger partial charge in [0.2, 0.25) is 0 Å². The monoisotopic (exact) mass is 294 g/mol. The van der Waals surface area contributed by atoms with Crippen molar-refractivity contribution in [3.05, 3.63) is 35.9 Å². The molecule has 118 valence electrons. The van der Waals surface area contributed by atoms with E-state index in [0.29, 0.717) is 19.1 Å². The summed E-state index contributed by atoms with van der Waals surface area (Å²) in [5.74, 6) is 0.373. The van der Waals surface area contributed by atoms with Gasteiger partial charge in [-0.05, 0) is 5.56 Å². The van der Waals surface area contributed by atoms with Crippen LogP contribution in [0.4, 0.5) is 0 Å². The highest BCUT2D eigenvalue weighted by atomic mass is 16.5. The van der Waals surface area contributed by atoms with Crippen LogP contribution in [-0.4, -0.2) is 64.2 Å². The fourth-order valence-corrected chi connectivity index (χ4v) is 2.89. The van der Waals surface area contributed by atoms with Crippen LogP contribution in [0.3, 0.4) is 0 Å². The zero-order chi connectivity index (χ0) is 15.1. The van der Waals surface area contributed by atoms with Gasteiger partial charge in [0.05, 0.1) is 20.3 Å². The number of piperazine rings is 1. The van der Waals surface area contributed by atoms with Gasteiger partial charge in [0.25, 0.3) is 0 Å². The Kier molecular flexibility index (Phi) is 6.64. The third-order valence-electron chi connectivity index (χ3n) is 4.38. The molecule has 3 N–H and O–H groups in total. The molecule has 0 saturated carbocycles. The van der Waals surface area contributed by atoms with Crippen molar-refractivity contribution >= 4 is 0 Å². The van der Waals surface area contributed by atoms with Gasteiger partial charge in [-0.3, -0.25) is 0 Å². The van der Waals surface area contributed by atoms with Crippen LogP contribution in [0.15, 0.2) is 30.3 Å². The molecule has 1 aromatic rings. The number of aliphatic hydroxyl groups is 1. The molecule has 1 fully saturated rings. The molecule has 0 unspecified atom stereocenters.